The quantitative estimate of drug-likeness (QED) is 0.274. The Kier molecular flexibility index (Phi) is 10.3. The smallest absolute Gasteiger partial charge is 0.267 e. The third-order valence-electron chi connectivity index (χ3n) is 5.39. The maximum atomic E-state index is 12.1. The third-order valence-corrected chi connectivity index (χ3v) is 6.14. The highest BCUT2D eigenvalue weighted by atomic mass is 32.2. The Labute approximate surface area is 192 Å². The monoisotopic (exact) mass is 464 g/mol. The maximum Gasteiger partial charge on any atom is 0.267 e. The highest BCUT2D eigenvalue weighted by molar-refractivity contribution is 7.85. The average Bonchev–Trinajstić information content (AvgIpc) is 2.64. The van der Waals surface area contributed by atoms with E-state index in [9.17, 15) is 18.0 Å². The number of carbonyl (C=O) groups excluding carboxylic acids is 2. The zero-order valence-electron chi connectivity index (χ0n) is 19.9. The maximum absolute atomic E-state index is 12.1. The van der Waals surface area contributed by atoms with Gasteiger partial charge < -0.3 is 10.6 Å². The fourth-order valence-corrected chi connectivity index (χ4v) is 4.32. The summed E-state index contributed by atoms with van der Waals surface area (Å²) in [5.74, 6) is -2.25. The van der Waals surface area contributed by atoms with Crippen LogP contribution < -0.4 is 10.6 Å². The lowest BCUT2D eigenvalue weighted by Crippen LogP contribution is -2.49. The minimum atomic E-state index is -4.43. The van der Waals surface area contributed by atoms with E-state index >= 15 is 0 Å². The van der Waals surface area contributed by atoms with E-state index < -0.39 is 33.7 Å². The van der Waals surface area contributed by atoms with Crippen LogP contribution >= 0.6 is 0 Å². The zero-order chi connectivity index (χ0) is 24.5. The first-order chi connectivity index (χ1) is 14.7. The number of allylic oxidation sites excluding steroid dienone is 9. The van der Waals surface area contributed by atoms with Crippen LogP contribution in [0.2, 0.25) is 0 Å². The topological polar surface area (TPSA) is 113 Å². The number of rotatable bonds is 9. The molecule has 0 aromatic rings. The van der Waals surface area contributed by atoms with Gasteiger partial charge in [-0.2, -0.15) is 8.42 Å². The Bertz CT molecular complexity index is 966. The van der Waals surface area contributed by atoms with Gasteiger partial charge in [0.05, 0.1) is 0 Å². The molecule has 8 heteroatoms. The lowest BCUT2D eigenvalue weighted by atomic mass is 9.72. The first-order valence-electron chi connectivity index (χ1n) is 10.6. The minimum absolute atomic E-state index is 0.184. The summed E-state index contributed by atoms with van der Waals surface area (Å²) in [4.78, 5) is 23.9. The van der Waals surface area contributed by atoms with Gasteiger partial charge in [0.25, 0.3) is 10.1 Å². The van der Waals surface area contributed by atoms with Gasteiger partial charge in [0.15, 0.2) is 0 Å². The molecule has 0 saturated carbocycles. The number of hydrogen-bond acceptors (Lipinski definition) is 4. The molecule has 32 heavy (non-hydrogen) atoms. The second-order valence-electron chi connectivity index (χ2n) is 8.85. The van der Waals surface area contributed by atoms with Gasteiger partial charge in [0, 0.05) is 13.1 Å². The molecule has 1 unspecified atom stereocenters. The molecule has 1 atom stereocenters. The van der Waals surface area contributed by atoms with E-state index in [1.807, 2.05) is 19.1 Å². The van der Waals surface area contributed by atoms with Gasteiger partial charge >= 0.3 is 0 Å². The molecule has 178 valence electrons. The van der Waals surface area contributed by atoms with Gasteiger partial charge in [0.1, 0.15) is 11.8 Å². The van der Waals surface area contributed by atoms with E-state index in [1.54, 1.807) is 13.0 Å². The van der Waals surface area contributed by atoms with E-state index in [0.717, 1.165) is 12.0 Å². The van der Waals surface area contributed by atoms with Gasteiger partial charge in [-0.3, -0.25) is 14.1 Å². The lowest BCUT2D eigenvalue weighted by molar-refractivity contribution is -0.126. The third kappa shape index (κ3) is 9.78. The Balaban J connectivity index is 2.80. The molecule has 0 heterocycles. The summed E-state index contributed by atoms with van der Waals surface area (Å²) in [6, 6.07) is -1.38. The Morgan fingerprint density at radius 3 is 2.41 bits per heavy atom. The molecule has 3 N–H and O–H groups in total. The summed E-state index contributed by atoms with van der Waals surface area (Å²) < 4.78 is 31.1. The second-order valence-corrected chi connectivity index (χ2v) is 10.3. The fourth-order valence-electron chi connectivity index (χ4n) is 3.67. The van der Waals surface area contributed by atoms with Crippen molar-refractivity contribution in [3.63, 3.8) is 0 Å². The van der Waals surface area contributed by atoms with Gasteiger partial charge in [-0.1, -0.05) is 55.4 Å². The van der Waals surface area contributed by atoms with Crippen LogP contribution in [0.1, 0.15) is 53.9 Å². The molecule has 0 fully saturated rings. The Hall–Kier alpha value is -2.45. The Morgan fingerprint density at radius 2 is 1.84 bits per heavy atom. The summed E-state index contributed by atoms with van der Waals surface area (Å²) in [5.41, 5.74) is 4.69. The molecule has 0 aromatic heterocycles. The van der Waals surface area contributed by atoms with Crippen molar-refractivity contribution in [2.45, 2.75) is 59.9 Å². The van der Waals surface area contributed by atoms with E-state index in [-0.39, 0.29) is 5.41 Å². The van der Waals surface area contributed by atoms with Crippen molar-refractivity contribution >= 4 is 21.9 Å². The van der Waals surface area contributed by atoms with Crippen molar-refractivity contribution in [3.8, 4) is 0 Å². The van der Waals surface area contributed by atoms with Crippen LogP contribution in [-0.2, 0) is 19.7 Å². The summed E-state index contributed by atoms with van der Waals surface area (Å²) in [6.07, 6.45) is 14.6. The molecule has 0 spiro atoms. The number of amides is 2. The predicted octanol–water partition coefficient (Wildman–Crippen LogP) is 3.64. The average molecular weight is 465 g/mol. The number of hydrogen-bond donors (Lipinski definition) is 3. The van der Waals surface area contributed by atoms with Crippen molar-refractivity contribution in [1.29, 1.82) is 0 Å². The summed E-state index contributed by atoms with van der Waals surface area (Å²) in [6.45, 7) is 10.5. The van der Waals surface area contributed by atoms with Crippen molar-refractivity contribution in [2.24, 2.45) is 5.41 Å². The molecule has 0 aromatic carbocycles. The summed E-state index contributed by atoms with van der Waals surface area (Å²) in [7, 11) is -3.12. The lowest BCUT2D eigenvalue weighted by Gasteiger charge is -2.32. The van der Waals surface area contributed by atoms with E-state index in [1.165, 1.54) is 37.1 Å². The number of carbonyl (C=O) groups is 2. The van der Waals surface area contributed by atoms with Crippen LogP contribution in [0.15, 0.2) is 58.7 Å². The van der Waals surface area contributed by atoms with Crippen LogP contribution in [0, 0.1) is 5.41 Å². The van der Waals surface area contributed by atoms with Crippen molar-refractivity contribution in [1.82, 2.24) is 10.6 Å². The molecule has 0 radical (unpaired) electrons. The molecule has 0 bridgehead atoms. The second kappa shape index (κ2) is 12.0. The first kappa shape index (κ1) is 27.6. The minimum Gasteiger partial charge on any atom is -0.357 e. The Morgan fingerprint density at radius 1 is 1.19 bits per heavy atom. The predicted molar refractivity (Wildman–Crippen MR) is 129 cm³/mol. The molecule has 2 amide bonds. The number of nitrogens with one attached hydrogen (secondary N) is 2. The van der Waals surface area contributed by atoms with Crippen LogP contribution in [0.25, 0.3) is 0 Å². The fraction of sp³-hybridized carbons (Fsp3) is 0.500. The van der Waals surface area contributed by atoms with Crippen molar-refractivity contribution in [3.05, 3.63) is 58.7 Å². The van der Waals surface area contributed by atoms with E-state index in [4.69, 9.17) is 4.55 Å². The summed E-state index contributed by atoms with van der Waals surface area (Å²) in [5, 5.41) is 4.55. The first-order valence-corrected chi connectivity index (χ1v) is 12.2. The summed E-state index contributed by atoms with van der Waals surface area (Å²) >= 11 is 0. The standard InChI is InChI=1S/C24H36N2O5S/c1-17(12-13-20-19(3)11-8-14-24(20,4)5)9-7-10-18(2)15-22(27)26-21(23(28)25-6)16-32(29,30)31/h7,9-10,12-13,15,21H,8,11,14,16H2,1-6H3,(H,25,28)(H,26,27)(H,29,30,31)/b10-7+,13-12+,17-9-,18-15+. The van der Waals surface area contributed by atoms with Crippen LogP contribution in [0.4, 0.5) is 0 Å². The zero-order valence-corrected chi connectivity index (χ0v) is 20.7. The highest BCUT2D eigenvalue weighted by Crippen LogP contribution is 2.40. The molecular formula is C24H36N2O5S. The van der Waals surface area contributed by atoms with Crippen molar-refractivity contribution < 1.29 is 22.6 Å². The SMILES string of the molecule is CNC(=O)C(CS(=O)(=O)O)NC(=O)/C=C(C)/C=C/C=C(C)\C=C\C1=C(C)CCCC1(C)C. The van der Waals surface area contributed by atoms with Crippen molar-refractivity contribution in [2.75, 3.05) is 12.8 Å². The molecule has 1 aliphatic rings. The largest absolute Gasteiger partial charge is 0.357 e. The molecule has 0 aliphatic heterocycles. The molecule has 7 nitrogen and oxygen atoms in total. The molecule has 1 rings (SSSR count). The van der Waals surface area contributed by atoms with Gasteiger partial charge in [-0.25, -0.2) is 0 Å². The van der Waals surface area contributed by atoms with Crippen LogP contribution in [0.3, 0.4) is 0 Å². The molecular weight excluding hydrogens is 428 g/mol. The van der Waals surface area contributed by atoms with E-state index in [2.05, 4.69) is 43.6 Å². The van der Waals surface area contributed by atoms with Crippen LogP contribution in [-0.4, -0.2) is 43.6 Å². The van der Waals surface area contributed by atoms with Gasteiger partial charge in [0.2, 0.25) is 11.8 Å². The molecule has 1 aliphatic carbocycles. The normalized spacial score (nSPS) is 18.8. The van der Waals surface area contributed by atoms with Gasteiger partial charge in [-0.15, -0.1) is 0 Å². The van der Waals surface area contributed by atoms with Crippen LogP contribution in [0.5, 0.6) is 0 Å². The molecule has 0 saturated heterocycles. The number of likely N-dealkylation sites (N-methyl/N-ethyl adjacent to an activating group) is 1. The van der Waals surface area contributed by atoms with Gasteiger partial charge in [-0.05, 0) is 56.6 Å². The highest BCUT2D eigenvalue weighted by Gasteiger charge is 2.26. The van der Waals surface area contributed by atoms with E-state index in [0.29, 0.717) is 5.57 Å².